The van der Waals surface area contributed by atoms with Crippen molar-refractivity contribution in [1.29, 1.82) is 0 Å². The summed E-state index contributed by atoms with van der Waals surface area (Å²) in [5.41, 5.74) is 2.49. The van der Waals surface area contributed by atoms with Gasteiger partial charge in [-0.3, -0.25) is 4.68 Å². The van der Waals surface area contributed by atoms with Gasteiger partial charge in [0.2, 0.25) is 0 Å². The SMILES string of the molecule is CNCc1c(C)nn(C)c1N1CC(C)CC1C. The number of anilines is 1. The molecule has 1 aliphatic heterocycles. The average molecular weight is 236 g/mol. The van der Waals surface area contributed by atoms with E-state index in [2.05, 4.69) is 43.1 Å². The smallest absolute Gasteiger partial charge is 0.131 e. The van der Waals surface area contributed by atoms with Gasteiger partial charge in [-0.1, -0.05) is 6.92 Å². The highest BCUT2D eigenvalue weighted by molar-refractivity contribution is 5.52. The van der Waals surface area contributed by atoms with Crippen LogP contribution in [0, 0.1) is 12.8 Å². The molecule has 2 unspecified atom stereocenters. The lowest BCUT2D eigenvalue weighted by atomic mass is 10.1. The van der Waals surface area contributed by atoms with Gasteiger partial charge >= 0.3 is 0 Å². The number of rotatable bonds is 3. The first-order valence-corrected chi connectivity index (χ1v) is 6.48. The van der Waals surface area contributed by atoms with Crippen LogP contribution in [0.25, 0.3) is 0 Å². The van der Waals surface area contributed by atoms with Crippen molar-refractivity contribution in [3.63, 3.8) is 0 Å². The highest BCUT2D eigenvalue weighted by Gasteiger charge is 2.30. The van der Waals surface area contributed by atoms with Gasteiger partial charge in [0.1, 0.15) is 5.82 Å². The Hall–Kier alpha value is -1.03. The Morgan fingerprint density at radius 2 is 2.12 bits per heavy atom. The maximum absolute atomic E-state index is 4.57. The predicted octanol–water partition coefficient (Wildman–Crippen LogP) is 1.68. The van der Waals surface area contributed by atoms with Crippen LogP contribution in [0.3, 0.4) is 0 Å². The van der Waals surface area contributed by atoms with Crippen LogP contribution in [0.15, 0.2) is 0 Å². The molecule has 2 rings (SSSR count). The monoisotopic (exact) mass is 236 g/mol. The highest BCUT2D eigenvalue weighted by Crippen LogP contribution is 2.32. The van der Waals surface area contributed by atoms with E-state index in [1.807, 2.05) is 11.7 Å². The van der Waals surface area contributed by atoms with Crippen LogP contribution in [-0.4, -0.2) is 29.4 Å². The Balaban J connectivity index is 2.37. The molecule has 0 spiro atoms. The summed E-state index contributed by atoms with van der Waals surface area (Å²) >= 11 is 0. The summed E-state index contributed by atoms with van der Waals surface area (Å²) in [5, 5.41) is 7.82. The van der Waals surface area contributed by atoms with E-state index in [-0.39, 0.29) is 0 Å². The van der Waals surface area contributed by atoms with Gasteiger partial charge in [0.15, 0.2) is 0 Å². The van der Waals surface area contributed by atoms with Crippen LogP contribution in [0.2, 0.25) is 0 Å². The Labute approximate surface area is 104 Å². The molecule has 96 valence electrons. The molecule has 4 nitrogen and oxygen atoms in total. The summed E-state index contributed by atoms with van der Waals surface area (Å²) in [6.45, 7) is 8.79. The third kappa shape index (κ3) is 2.18. The lowest BCUT2D eigenvalue weighted by Gasteiger charge is -2.25. The van der Waals surface area contributed by atoms with E-state index in [0.717, 1.165) is 24.7 Å². The Bertz CT molecular complexity index is 396. The third-order valence-electron chi connectivity index (χ3n) is 3.72. The summed E-state index contributed by atoms with van der Waals surface area (Å²) < 4.78 is 2.04. The number of aryl methyl sites for hydroxylation is 2. The largest absolute Gasteiger partial charge is 0.354 e. The molecule has 1 aliphatic rings. The van der Waals surface area contributed by atoms with Gasteiger partial charge in [-0.2, -0.15) is 5.10 Å². The summed E-state index contributed by atoms with van der Waals surface area (Å²) in [7, 11) is 4.05. The van der Waals surface area contributed by atoms with Crippen molar-refractivity contribution in [2.75, 3.05) is 18.5 Å². The highest BCUT2D eigenvalue weighted by atomic mass is 15.4. The van der Waals surface area contributed by atoms with E-state index in [1.165, 1.54) is 17.8 Å². The quantitative estimate of drug-likeness (QED) is 0.867. The molecule has 0 radical (unpaired) electrons. The second-order valence-corrected chi connectivity index (χ2v) is 5.38. The zero-order chi connectivity index (χ0) is 12.6. The number of nitrogens with zero attached hydrogens (tertiary/aromatic N) is 3. The van der Waals surface area contributed by atoms with Crippen molar-refractivity contribution in [3.05, 3.63) is 11.3 Å². The van der Waals surface area contributed by atoms with Gasteiger partial charge in [-0.25, -0.2) is 0 Å². The van der Waals surface area contributed by atoms with Crippen molar-refractivity contribution in [2.45, 2.75) is 39.8 Å². The standard InChI is InChI=1S/C13H24N4/c1-9-6-10(2)17(8-9)13-12(7-14-4)11(3)15-16(13)5/h9-10,14H,6-8H2,1-5H3. The van der Waals surface area contributed by atoms with E-state index in [4.69, 9.17) is 0 Å². The van der Waals surface area contributed by atoms with Crippen molar-refractivity contribution in [3.8, 4) is 0 Å². The molecule has 1 fully saturated rings. The first kappa shape index (κ1) is 12.4. The fourth-order valence-corrected chi connectivity index (χ4v) is 3.03. The molecule has 0 amide bonds. The average Bonchev–Trinajstić information content (AvgIpc) is 2.69. The third-order valence-corrected chi connectivity index (χ3v) is 3.72. The zero-order valence-corrected chi connectivity index (χ0v) is 11.6. The number of hydrogen-bond acceptors (Lipinski definition) is 3. The molecular formula is C13H24N4. The molecule has 1 aromatic rings. The molecule has 2 heterocycles. The van der Waals surface area contributed by atoms with Crippen LogP contribution in [0.1, 0.15) is 31.5 Å². The zero-order valence-electron chi connectivity index (χ0n) is 11.6. The van der Waals surface area contributed by atoms with Crippen molar-refractivity contribution < 1.29 is 0 Å². The van der Waals surface area contributed by atoms with Crippen LogP contribution in [0.4, 0.5) is 5.82 Å². The second kappa shape index (κ2) is 4.69. The topological polar surface area (TPSA) is 33.1 Å². The molecule has 1 saturated heterocycles. The fraction of sp³-hybridized carbons (Fsp3) is 0.769. The Morgan fingerprint density at radius 1 is 1.41 bits per heavy atom. The molecule has 17 heavy (non-hydrogen) atoms. The first-order valence-electron chi connectivity index (χ1n) is 6.48. The van der Waals surface area contributed by atoms with Crippen molar-refractivity contribution in [1.82, 2.24) is 15.1 Å². The molecule has 1 aromatic heterocycles. The molecule has 0 bridgehead atoms. The van der Waals surface area contributed by atoms with Gasteiger partial charge in [0.25, 0.3) is 0 Å². The minimum absolute atomic E-state index is 0.621. The molecule has 1 N–H and O–H groups in total. The Kier molecular flexibility index (Phi) is 3.43. The van der Waals surface area contributed by atoms with Crippen LogP contribution in [-0.2, 0) is 13.6 Å². The molecule has 0 aromatic carbocycles. The molecule has 0 aliphatic carbocycles. The number of hydrogen-bond donors (Lipinski definition) is 1. The van der Waals surface area contributed by atoms with E-state index in [0.29, 0.717) is 6.04 Å². The minimum Gasteiger partial charge on any atom is -0.354 e. The summed E-state index contributed by atoms with van der Waals surface area (Å²) in [6.07, 6.45) is 1.28. The van der Waals surface area contributed by atoms with E-state index >= 15 is 0 Å². The lowest BCUT2D eigenvalue weighted by Crippen LogP contribution is -2.30. The van der Waals surface area contributed by atoms with E-state index < -0.39 is 0 Å². The molecular weight excluding hydrogens is 212 g/mol. The summed E-state index contributed by atoms with van der Waals surface area (Å²) in [5.74, 6) is 2.08. The van der Waals surface area contributed by atoms with Crippen molar-refractivity contribution >= 4 is 5.82 Å². The van der Waals surface area contributed by atoms with Crippen molar-refractivity contribution in [2.24, 2.45) is 13.0 Å². The number of nitrogens with one attached hydrogen (secondary N) is 1. The molecule has 0 saturated carbocycles. The first-order chi connectivity index (χ1) is 8.04. The molecule has 2 atom stereocenters. The second-order valence-electron chi connectivity index (χ2n) is 5.38. The maximum Gasteiger partial charge on any atom is 0.131 e. The van der Waals surface area contributed by atoms with Gasteiger partial charge in [0, 0.05) is 31.7 Å². The summed E-state index contributed by atoms with van der Waals surface area (Å²) in [6, 6.07) is 0.621. The van der Waals surface area contributed by atoms with Gasteiger partial charge in [0.05, 0.1) is 5.69 Å². The fourth-order valence-electron chi connectivity index (χ4n) is 3.03. The number of aromatic nitrogens is 2. The van der Waals surface area contributed by atoms with E-state index in [1.54, 1.807) is 0 Å². The minimum atomic E-state index is 0.621. The van der Waals surface area contributed by atoms with Gasteiger partial charge < -0.3 is 10.2 Å². The van der Waals surface area contributed by atoms with Crippen LogP contribution in [0.5, 0.6) is 0 Å². The van der Waals surface area contributed by atoms with Gasteiger partial charge in [-0.05, 0) is 33.2 Å². The summed E-state index contributed by atoms with van der Waals surface area (Å²) in [4.78, 5) is 2.51. The molecule has 4 heteroatoms. The Morgan fingerprint density at radius 3 is 2.65 bits per heavy atom. The van der Waals surface area contributed by atoms with Gasteiger partial charge in [-0.15, -0.1) is 0 Å². The predicted molar refractivity (Wildman–Crippen MR) is 71.3 cm³/mol. The normalized spacial score (nSPS) is 24.6. The van der Waals surface area contributed by atoms with E-state index in [9.17, 15) is 0 Å². The van der Waals surface area contributed by atoms with Crippen LogP contribution >= 0.6 is 0 Å². The van der Waals surface area contributed by atoms with Crippen LogP contribution < -0.4 is 10.2 Å². The maximum atomic E-state index is 4.57. The lowest BCUT2D eigenvalue weighted by molar-refractivity contribution is 0.624.